The van der Waals surface area contributed by atoms with Crippen molar-refractivity contribution >= 4 is 9.52 Å². The van der Waals surface area contributed by atoms with Crippen molar-refractivity contribution in [1.29, 1.82) is 0 Å². The highest BCUT2D eigenvalue weighted by atomic mass is 28.2. The summed E-state index contributed by atoms with van der Waals surface area (Å²) in [6.07, 6.45) is 2.15. The van der Waals surface area contributed by atoms with Gasteiger partial charge < -0.3 is 0 Å². The molecule has 1 heteroatoms. The molecule has 2 aliphatic carbocycles. The maximum Gasteiger partial charge on any atom is 0.0296 e. The molecule has 0 radical (unpaired) electrons. The molecule has 0 nitrogen and oxygen atoms in total. The number of hydrogen-bond donors (Lipinski definition) is 0. The van der Waals surface area contributed by atoms with Crippen LogP contribution in [0, 0.1) is 0 Å². The van der Waals surface area contributed by atoms with Crippen molar-refractivity contribution in [3.05, 3.63) is 132 Å². The molecule has 4 aromatic rings. The third kappa shape index (κ3) is 2.80. The summed E-state index contributed by atoms with van der Waals surface area (Å²) in [5.74, 6) is 0.923. The zero-order valence-corrected chi connectivity index (χ0v) is 19.1. The summed E-state index contributed by atoms with van der Waals surface area (Å²) >= 11 is 0. The zero-order valence-electron chi connectivity index (χ0n) is 17.7. The van der Waals surface area contributed by atoms with Gasteiger partial charge in [-0.1, -0.05) is 103 Å². The monoisotopic (exact) mass is 414 g/mol. The molecule has 0 aromatic heterocycles. The van der Waals surface area contributed by atoms with Gasteiger partial charge in [-0.25, -0.2) is 0 Å². The van der Waals surface area contributed by atoms with E-state index in [0.717, 1.165) is 0 Å². The zero-order chi connectivity index (χ0) is 20.8. The van der Waals surface area contributed by atoms with Gasteiger partial charge in [0.2, 0.25) is 0 Å². The van der Waals surface area contributed by atoms with Gasteiger partial charge in [0.15, 0.2) is 0 Å². The van der Waals surface area contributed by atoms with E-state index >= 15 is 0 Å². The SMILES string of the molecule is C=CC[SiH2]C(C1c2ccccc2-c2ccccc21)C1c2ccccc2-c2ccccc21. The Balaban J connectivity index is 1.58. The molecule has 0 amide bonds. The van der Waals surface area contributed by atoms with Gasteiger partial charge in [-0.3, -0.25) is 0 Å². The lowest BCUT2D eigenvalue weighted by molar-refractivity contribution is 0.654. The Morgan fingerprint density at radius 2 is 0.903 bits per heavy atom. The van der Waals surface area contributed by atoms with Gasteiger partial charge in [0, 0.05) is 21.4 Å². The highest BCUT2D eigenvalue weighted by Gasteiger charge is 2.42. The molecule has 4 aromatic carbocycles. The lowest BCUT2D eigenvalue weighted by atomic mass is 9.82. The fourth-order valence-corrected chi connectivity index (χ4v) is 8.45. The average Bonchev–Trinajstić information content (AvgIpc) is 3.34. The van der Waals surface area contributed by atoms with E-state index in [4.69, 9.17) is 0 Å². The van der Waals surface area contributed by atoms with Crippen molar-refractivity contribution in [3.8, 4) is 22.3 Å². The van der Waals surface area contributed by atoms with Crippen molar-refractivity contribution in [2.45, 2.75) is 23.4 Å². The molecule has 0 bridgehead atoms. The van der Waals surface area contributed by atoms with E-state index in [1.54, 1.807) is 0 Å². The second-order valence-electron chi connectivity index (χ2n) is 8.83. The lowest BCUT2D eigenvalue weighted by Gasteiger charge is -2.32. The van der Waals surface area contributed by atoms with Crippen molar-refractivity contribution in [3.63, 3.8) is 0 Å². The first kappa shape index (κ1) is 18.6. The van der Waals surface area contributed by atoms with E-state index in [2.05, 4.69) is 110 Å². The fourth-order valence-electron chi connectivity index (χ4n) is 6.15. The summed E-state index contributed by atoms with van der Waals surface area (Å²) in [5, 5.41) is 0. The normalized spacial score (nSPS) is 14.6. The molecule has 2 aliphatic rings. The molecule has 0 atom stereocenters. The minimum atomic E-state index is -0.410. The molecule has 0 fully saturated rings. The Hall–Kier alpha value is -3.16. The molecule has 0 saturated carbocycles. The first-order chi connectivity index (χ1) is 15.4. The highest BCUT2D eigenvalue weighted by Crippen LogP contribution is 2.59. The smallest absolute Gasteiger partial charge is 0.0296 e. The summed E-state index contributed by atoms with van der Waals surface area (Å²) in [6.45, 7) is 4.10. The molecule has 0 heterocycles. The maximum absolute atomic E-state index is 4.10. The molecule has 150 valence electrons. The molecule has 0 saturated heterocycles. The number of benzene rings is 4. The van der Waals surface area contributed by atoms with E-state index in [1.165, 1.54) is 50.6 Å². The summed E-state index contributed by atoms with van der Waals surface area (Å²) in [6, 6.07) is 37.6. The van der Waals surface area contributed by atoms with Crippen LogP contribution in [0.4, 0.5) is 0 Å². The molecular weight excluding hydrogens is 388 g/mol. The Labute approximate surface area is 187 Å². The Morgan fingerprint density at radius 1 is 0.581 bits per heavy atom. The fraction of sp³-hybridized carbons (Fsp3) is 0.133. The van der Waals surface area contributed by atoms with Gasteiger partial charge in [0.1, 0.15) is 0 Å². The van der Waals surface area contributed by atoms with Crippen LogP contribution in [-0.4, -0.2) is 9.52 Å². The van der Waals surface area contributed by atoms with Gasteiger partial charge in [-0.15, -0.1) is 6.58 Å². The van der Waals surface area contributed by atoms with Crippen molar-refractivity contribution < 1.29 is 0 Å². The van der Waals surface area contributed by atoms with Crippen LogP contribution < -0.4 is 0 Å². The predicted molar refractivity (Wildman–Crippen MR) is 135 cm³/mol. The Bertz CT molecular complexity index is 1100. The molecule has 0 N–H and O–H groups in total. The average molecular weight is 415 g/mol. The lowest BCUT2D eigenvalue weighted by Crippen LogP contribution is -2.20. The van der Waals surface area contributed by atoms with Crippen LogP contribution in [0.3, 0.4) is 0 Å². The molecule has 0 spiro atoms. The highest BCUT2D eigenvalue weighted by molar-refractivity contribution is 6.39. The standard InChI is InChI=1S/C30H26Si/c1-2-19-31-30(28-24-15-7-3-11-20(24)21-12-4-8-16-25(21)28)29-26-17-9-5-13-22(26)23-14-6-10-18-27(23)29/h2-18,28-30H,1,19,31H2. The molecule has 6 rings (SSSR count). The first-order valence-electron chi connectivity index (χ1n) is 11.4. The van der Waals surface area contributed by atoms with E-state index in [0.29, 0.717) is 17.4 Å². The molecular formula is C30H26Si. The van der Waals surface area contributed by atoms with Crippen LogP contribution in [0.2, 0.25) is 11.6 Å². The van der Waals surface area contributed by atoms with E-state index in [-0.39, 0.29) is 0 Å². The molecule has 0 aliphatic heterocycles. The first-order valence-corrected chi connectivity index (χ1v) is 13.2. The third-order valence-corrected chi connectivity index (χ3v) is 9.68. The van der Waals surface area contributed by atoms with Crippen molar-refractivity contribution in [2.75, 3.05) is 0 Å². The summed E-state index contributed by atoms with van der Waals surface area (Å²) in [4.78, 5) is 0. The quantitative estimate of drug-likeness (QED) is 0.240. The van der Waals surface area contributed by atoms with Gasteiger partial charge in [-0.05, 0) is 56.1 Å². The number of hydrogen-bond acceptors (Lipinski definition) is 0. The summed E-state index contributed by atoms with van der Waals surface area (Å²) < 4.78 is 0. The minimum Gasteiger partial charge on any atom is -0.103 e. The topological polar surface area (TPSA) is 0 Å². The van der Waals surface area contributed by atoms with Gasteiger partial charge in [0.05, 0.1) is 0 Å². The molecule has 31 heavy (non-hydrogen) atoms. The van der Waals surface area contributed by atoms with Gasteiger partial charge in [-0.2, -0.15) is 0 Å². The largest absolute Gasteiger partial charge is 0.103 e. The number of allylic oxidation sites excluding steroid dienone is 1. The van der Waals surface area contributed by atoms with Crippen molar-refractivity contribution in [2.24, 2.45) is 0 Å². The maximum atomic E-state index is 4.10. The molecule has 0 unspecified atom stereocenters. The van der Waals surface area contributed by atoms with E-state index in [1.807, 2.05) is 0 Å². The second-order valence-corrected chi connectivity index (χ2v) is 10.9. The third-order valence-electron chi connectivity index (χ3n) is 7.32. The van der Waals surface area contributed by atoms with E-state index in [9.17, 15) is 0 Å². The van der Waals surface area contributed by atoms with Crippen LogP contribution in [-0.2, 0) is 0 Å². The van der Waals surface area contributed by atoms with Crippen LogP contribution in [0.15, 0.2) is 110 Å². The number of rotatable bonds is 5. The number of fused-ring (bicyclic) bond motifs is 6. The Kier molecular flexibility index (Phi) is 4.51. The van der Waals surface area contributed by atoms with Gasteiger partial charge in [0.25, 0.3) is 0 Å². The Morgan fingerprint density at radius 3 is 1.23 bits per heavy atom. The van der Waals surface area contributed by atoms with Crippen LogP contribution in [0.25, 0.3) is 22.3 Å². The second kappa shape index (κ2) is 7.51. The van der Waals surface area contributed by atoms with E-state index < -0.39 is 9.52 Å². The van der Waals surface area contributed by atoms with Gasteiger partial charge >= 0.3 is 0 Å². The van der Waals surface area contributed by atoms with Crippen LogP contribution in [0.5, 0.6) is 0 Å². The summed E-state index contributed by atoms with van der Waals surface area (Å²) in [5.41, 5.74) is 12.4. The minimum absolute atomic E-state index is 0.410. The van der Waals surface area contributed by atoms with Crippen LogP contribution >= 0.6 is 0 Å². The van der Waals surface area contributed by atoms with Crippen molar-refractivity contribution in [1.82, 2.24) is 0 Å². The van der Waals surface area contributed by atoms with Crippen LogP contribution in [0.1, 0.15) is 34.1 Å². The predicted octanol–water partition coefficient (Wildman–Crippen LogP) is 7.17. The summed E-state index contributed by atoms with van der Waals surface area (Å²) in [7, 11) is -0.410.